The third-order valence-electron chi connectivity index (χ3n) is 6.57. The number of benzene rings is 1. The zero-order chi connectivity index (χ0) is 23.0. The van der Waals surface area contributed by atoms with Crippen LogP contribution in [0, 0.1) is 0 Å². The summed E-state index contributed by atoms with van der Waals surface area (Å²) in [7, 11) is 0. The second kappa shape index (κ2) is 11.3. The van der Waals surface area contributed by atoms with Crippen LogP contribution < -0.4 is 5.32 Å². The van der Waals surface area contributed by atoms with Crippen molar-refractivity contribution in [2.45, 2.75) is 39.3 Å². The van der Waals surface area contributed by atoms with Gasteiger partial charge in [-0.05, 0) is 50.5 Å². The second-order valence-corrected chi connectivity index (χ2v) is 8.82. The van der Waals surface area contributed by atoms with Crippen LogP contribution in [0.4, 0.5) is 0 Å². The van der Waals surface area contributed by atoms with Gasteiger partial charge in [0.2, 0.25) is 5.91 Å². The Morgan fingerprint density at radius 3 is 2.52 bits per heavy atom. The highest BCUT2D eigenvalue weighted by Crippen LogP contribution is 2.18. The van der Waals surface area contributed by atoms with Crippen LogP contribution in [0.25, 0.3) is 11.3 Å². The Labute approximate surface area is 197 Å². The van der Waals surface area contributed by atoms with Crippen molar-refractivity contribution in [3.05, 3.63) is 54.2 Å². The van der Waals surface area contributed by atoms with Crippen molar-refractivity contribution < 1.29 is 4.79 Å². The number of carbonyl (C=O) groups is 1. The van der Waals surface area contributed by atoms with E-state index in [0.29, 0.717) is 6.54 Å². The molecule has 2 aliphatic heterocycles. The van der Waals surface area contributed by atoms with Crippen molar-refractivity contribution in [1.82, 2.24) is 25.0 Å². The molecule has 0 radical (unpaired) electrons. The van der Waals surface area contributed by atoms with Crippen molar-refractivity contribution in [3.8, 4) is 11.3 Å². The Bertz CT molecular complexity index is 933. The molecule has 0 saturated carbocycles. The zero-order valence-corrected chi connectivity index (χ0v) is 19.9. The van der Waals surface area contributed by atoms with Crippen LogP contribution in [0.3, 0.4) is 0 Å². The minimum atomic E-state index is -0.0425. The molecule has 0 bridgehead atoms. The van der Waals surface area contributed by atoms with Crippen molar-refractivity contribution in [1.29, 1.82) is 0 Å². The molecule has 2 fully saturated rings. The first kappa shape index (κ1) is 23.2. The quantitative estimate of drug-likeness (QED) is 0.544. The summed E-state index contributed by atoms with van der Waals surface area (Å²) in [5, 5.41) is 3.45. The molecule has 1 aromatic heterocycles. The molecule has 4 rings (SSSR count). The van der Waals surface area contributed by atoms with Gasteiger partial charge in [-0.1, -0.05) is 24.3 Å². The van der Waals surface area contributed by atoms with E-state index >= 15 is 0 Å². The average Bonchev–Trinajstić information content (AvgIpc) is 3.42. The minimum absolute atomic E-state index is 0.0425. The number of hydrogen-bond acceptors (Lipinski definition) is 4. The number of likely N-dealkylation sites (tertiary alicyclic amines) is 1. The molecule has 1 unspecified atom stereocenters. The van der Waals surface area contributed by atoms with E-state index < -0.39 is 0 Å². The molecule has 1 aromatic carbocycles. The summed E-state index contributed by atoms with van der Waals surface area (Å²) >= 11 is 0. The number of rotatable bonds is 6. The van der Waals surface area contributed by atoms with E-state index in [1.807, 2.05) is 29.3 Å². The van der Waals surface area contributed by atoms with E-state index in [2.05, 4.69) is 58.2 Å². The number of aliphatic imine (C=N–C) groups is 1. The highest BCUT2D eigenvalue weighted by Gasteiger charge is 2.30. The smallest absolute Gasteiger partial charge is 0.239 e. The van der Waals surface area contributed by atoms with Gasteiger partial charge in [0.15, 0.2) is 5.96 Å². The number of amides is 1. The maximum Gasteiger partial charge on any atom is 0.239 e. The van der Waals surface area contributed by atoms with Gasteiger partial charge in [0, 0.05) is 57.6 Å². The van der Waals surface area contributed by atoms with Crippen molar-refractivity contribution >= 4 is 11.9 Å². The number of piperazine rings is 1. The van der Waals surface area contributed by atoms with Crippen LogP contribution in [-0.2, 0) is 11.3 Å². The minimum Gasteiger partial charge on any atom is -0.357 e. The number of guanidine groups is 1. The largest absolute Gasteiger partial charge is 0.357 e. The maximum atomic E-state index is 12.8. The lowest BCUT2D eigenvalue weighted by atomic mass is 10.1. The average molecular weight is 449 g/mol. The van der Waals surface area contributed by atoms with Crippen LogP contribution >= 0.6 is 0 Å². The molecule has 7 nitrogen and oxygen atoms in total. The fourth-order valence-electron chi connectivity index (χ4n) is 4.63. The Balaban J connectivity index is 1.36. The van der Waals surface area contributed by atoms with Crippen LogP contribution in [0.5, 0.6) is 0 Å². The Kier molecular flexibility index (Phi) is 7.94. The van der Waals surface area contributed by atoms with Gasteiger partial charge in [-0.2, -0.15) is 0 Å². The Hall–Kier alpha value is -2.93. The first-order valence-electron chi connectivity index (χ1n) is 12.2. The molecule has 7 heteroatoms. The Morgan fingerprint density at radius 1 is 1.03 bits per heavy atom. The molecule has 0 spiro atoms. The topological polar surface area (TPSA) is 64.1 Å². The van der Waals surface area contributed by atoms with Gasteiger partial charge < -0.3 is 15.1 Å². The van der Waals surface area contributed by atoms with Gasteiger partial charge in [0.25, 0.3) is 0 Å². The molecule has 2 aromatic rings. The number of aromatic nitrogens is 1. The predicted octanol–water partition coefficient (Wildman–Crippen LogP) is 2.84. The van der Waals surface area contributed by atoms with Crippen molar-refractivity contribution in [2.75, 3.05) is 45.8 Å². The summed E-state index contributed by atoms with van der Waals surface area (Å²) in [5.74, 6) is 1.23. The molecule has 1 atom stereocenters. The van der Waals surface area contributed by atoms with E-state index in [1.165, 1.54) is 0 Å². The highest BCUT2D eigenvalue weighted by atomic mass is 16.2. The number of hydrogen-bond donors (Lipinski definition) is 1. The van der Waals surface area contributed by atoms with Crippen LogP contribution in [0.1, 0.15) is 32.3 Å². The summed E-state index contributed by atoms with van der Waals surface area (Å²) in [5.41, 5.74) is 3.25. The summed E-state index contributed by atoms with van der Waals surface area (Å²) in [6.45, 7) is 10.9. The fourth-order valence-corrected chi connectivity index (χ4v) is 4.63. The number of nitrogens with zero attached hydrogens (tertiary/aromatic N) is 5. The monoisotopic (exact) mass is 448 g/mol. The first-order valence-corrected chi connectivity index (χ1v) is 12.2. The molecule has 0 aliphatic carbocycles. The number of pyridine rings is 1. The Morgan fingerprint density at radius 2 is 1.82 bits per heavy atom. The van der Waals surface area contributed by atoms with Crippen LogP contribution in [0.15, 0.2) is 53.7 Å². The second-order valence-electron chi connectivity index (χ2n) is 8.82. The normalized spacial score (nSPS) is 18.4. The van der Waals surface area contributed by atoms with Gasteiger partial charge in [-0.15, -0.1) is 0 Å². The molecule has 176 valence electrons. The molecule has 1 amide bonds. The molecular formula is C26H36N6O. The summed E-state index contributed by atoms with van der Waals surface area (Å²) < 4.78 is 0. The SMILES string of the molecule is CCNC(=NCc1cccc(-c2ccccn2)c1)N1CCN(C(C)C(=O)N2CCCC2)CC1. The number of nitrogens with one attached hydrogen (secondary N) is 1. The molecule has 2 saturated heterocycles. The summed E-state index contributed by atoms with van der Waals surface area (Å²) in [4.78, 5) is 28.8. The molecule has 1 N–H and O–H groups in total. The van der Waals surface area contributed by atoms with Gasteiger partial charge in [-0.25, -0.2) is 4.99 Å². The summed E-state index contributed by atoms with van der Waals surface area (Å²) in [6.07, 6.45) is 4.10. The standard InChI is InChI=1S/C26H36N6O/c1-3-27-26(29-20-22-9-8-10-23(19-22)24-11-4-5-12-28-24)32-17-15-30(16-18-32)21(2)25(33)31-13-6-7-14-31/h4-5,8-12,19,21H,3,6-7,13-18,20H2,1-2H3,(H,27,29). The van der Waals surface area contributed by atoms with Crippen LogP contribution in [0.2, 0.25) is 0 Å². The van der Waals surface area contributed by atoms with E-state index in [4.69, 9.17) is 4.99 Å². The number of carbonyl (C=O) groups excluding carboxylic acids is 1. The molecule has 2 aliphatic rings. The molecule has 3 heterocycles. The fraction of sp³-hybridized carbons (Fsp3) is 0.500. The van der Waals surface area contributed by atoms with Gasteiger partial charge >= 0.3 is 0 Å². The van der Waals surface area contributed by atoms with Crippen LogP contribution in [-0.4, -0.2) is 83.4 Å². The van der Waals surface area contributed by atoms with Crippen molar-refractivity contribution in [3.63, 3.8) is 0 Å². The van der Waals surface area contributed by atoms with Gasteiger partial charge in [0.1, 0.15) is 0 Å². The predicted molar refractivity (Wildman–Crippen MR) is 133 cm³/mol. The van der Waals surface area contributed by atoms with E-state index in [9.17, 15) is 4.79 Å². The third kappa shape index (κ3) is 5.90. The third-order valence-corrected chi connectivity index (χ3v) is 6.57. The summed E-state index contributed by atoms with van der Waals surface area (Å²) in [6, 6.07) is 14.4. The lowest BCUT2D eigenvalue weighted by Crippen LogP contribution is -2.57. The van der Waals surface area contributed by atoms with E-state index in [0.717, 1.165) is 81.4 Å². The van der Waals surface area contributed by atoms with E-state index in [1.54, 1.807) is 0 Å². The van der Waals surface area contributed by atoms with Gasteiger partial charge in [0.05, 0.1) is 18.3 Å². The first-order chi connectivity index (χ1) is 16.2. The molecular weight excluding hydrogens is 412 g/mol. The maximum absolute atomic E-state index is 12.8. The lowest BCUT2D eigenvalue weighted by Gasteiger charge is -2.39. The van der Waals surface area contributed by atoms with E-state index in [-0.39, 0.29) is 11.9 Å². The van der Waals surface area contributed by atoms with Gasteiger partial charge in [-0.3, -0.25) is 14.7 Å². The molecule has 33 heavy (non-hydrogen) atoms. The lowest BCUT2D eigenvalue weighted by molar-refractivity contribution is -0.135. The zero-order valence-electron chi connectivity index (χ0n) is 19.9. The highest BCUT2D eigenvalue weighted by molar-refractivity contribution is 5.82. The van der Waals surface area contributed by atoms with Crippen molar-refractivity contribution in [2.24, 2.45) is 4.99 Å².